The molecular formula is C15H24BrN5. The average molecular weight is 354 g/mol. The van der Waals surface area contributed by atoms with Gasteiger partial charge in [0.05, 0.1) is 33.3 Å². The largest absolute Gasteiger partial charge is 0.311 e. The minimum atomic E-state index is 0.226. The van der Waals surface area contributed by atoms with Crippen molar-refractivity contribution in [1.29, 1.82) is 0 Å². The molecule has 2 aromatic heterocycles. The van der Waals surface area contributed by atoms with E-state index in [0.717, 1.165) is 35.4 Å². The van der Waals surface area contributed by atoms with Crippen LogP contribution in [0.3, 0.4) is 0 Å². The maximum Gasteiger partial charge on any atom is 0.0738 e. The molecule has 0 aliphatic heterocycles. The van der Waals surface area contributed by atoms with Gasteiger partial charge < -0.3 is 5.32 Å². The molecule has 5 nitrogen and oxygen atoms in total. The van der Waals surface area contributed by atoms with E-state index in [0.29, 0.717) is 0 Å². The number of nitrogens with zero attached hydrogens (tertiary/aromatic N) is 4. The normalized spacial score (nSPS) is 12.9. The zero-order valence-corrected chi connectivity index (χ0v) is 15.0. The molecule has 0 aliphatic carbocycles. The summed E-state index contributed by atoms with van der Waals surface area (Å²) >= 11 is 3.68. The van der Waals surface area contributed by atoms with E-state index in [9.17, 15) is 0 Å². The predicted molar refractivity (Wildman–Crippen MR) is 88.5 cm³/mol. The number of aromatic nitrogens is 4. The summed E-state index contributed by atoms with van der Waals surface area (Å²) in [6, 6.07) is 2.39. The highest BCUT2D eigenvalue weighted by Crippen LogP contribution is 2.27. The molecule has 0 spiro atoms. The summed E-state index contributed by atoms with van der Waals surface area (Å²) in [5.41, 5.74) is 4.56. The molecular weight excluding hydrogens is 330 g/mol. The lowest BCUT2D eigenvalue weighted by atomic mass is 10.1. The summed E-state index contributed by atoms with van der Waals surface area (Å²) in [7, 11) is 2.00. The smallest absolute Gasteiger partial charge is 0.0738 e. The van der Waals surface area contributed by atoms with Crippen LogP contribution in [0.1, 0.15) is 42.7 Å². The molecule has 0 amide bonds. The van der Waals surface area contributed by atoms with Gasteiger partial charge in [0.15, 0.2) is 0 Å². The van der Waals surface area contributed by atoms with Crippen molar-refractivity contribution in [3.8, 4) is 0 Å². The Morgan fingerprint density at radius 2 is 1.86 bits per heavy atom. The molecule has 1 N–H and O–H groups in total. The van der Waals surface area contributed by atoms with Gasteiger partial charge in [-0.15, -0.1) is 0 Å². The standard InChI is InChI=1S/C15H24BrN5/c1-6-20-13(8-10(3)18-20)12(17-5)9-14-15(16)11(4)19-21(14)7-2/h8,12,17H,6-7,9H2,1-5H3. The Labute approximate surface area is 134 Å². The summed E-state index contributed by atoms with van der Waals surface area (Å²) in [4.78, 5) is 0. The summed E-state index contributed by atoms with van der Waals surface area (Å²) in [5.74, 6) is 0. The second-order valence-electron chi connectivity index (χ2n) is 5.23. The van der Waals surface area contributed by atoms with Gasteiger partial charge in [0.2, 0.25) is 0 Å². The van der Waals surface area contributed by atoms with E-state index in [1.165, 1.54) is 11.4 Å². The summed E-state index contributed by atoms with van der Waals surface area (Å²) in [6.07, 6.45) is 0.886. The van der Waals surface area contributed by atoms with Gasteiger partial charge in [-0.05, 0) is 56.7 Å². The number of rotatable bonds is 6. The SMILES string of the molecule is CCn1nc(C)cc1C(Cc1c(Br)c(C)nn1CC)NC. The van der Waals surface area contributed by atoms with E-state index in [1.54, 1.807) is 0 Å². The van der Waals surface area contributed by atoms with Crippen LogP contribution in [0.5, 0.6) is 0 Å². The molecule has 2 rings (SSSR count). The van der Waals surface area contributed by atoms with Crippen LogP contribution >= 0.6 is 15.9 Å². The number of hydrogen-bond acceptors (Lipinski definition) is 3. The highest BCUT2D eigenvalue weighted by molar-refractivity contribution is 9.10. The van der Waals surface area contributed by atoms with E-state index in [4.69, 9.17) is 0 Å². The van der Waals surface area contributed by atoms with E-state index < -0.39 is 0 Å². The summed E-state index contributed by atoms with van der Waals surface area (Å²) < 4.78 is 5.26. The van der Waals surface area contributed by atoms with Crippen molar-refractivity contribution in [3.05, 3.63) is 33.3 Å². The fourth-order valence-corrected chi connectivity index (χ4v) is 3.16. The molecule has 6 heteroatoms. The van der Waals surface area contributed by atoms with Crippen LogP contribution in [0, 0.1) is 13.8 Å². The first-order valence-corrected chi connectivity index (χ1v) is 8.24. The molecule has 0 aromatic carbocycles. The molecule has 0 bridgehead atoms. The number of aryl methyl sites for hydroxylation is 4. The number of likely N-dealkylation sites (N-methyl/N-ethyl adjacent to an activating group) is 1. The van der Waals surface area contributed by atoms with Crippen molar-refractivity contribution in [2.45, 2.75) is 53.2 Å². The summed E-state index contributed by atoms with van der Waals surface area (Å²) in [6.45, 7) is 10.1. The third-order valence-electron chi connectivity index (χ3n) is 3.79. The highest BCUT2D eigenvalue weighted by atomic mass is 79.9. The third-order valence-corrected chi connectivity index (χ3v) is 4.82. The Hall–Kier alpha value is -1.14. The Kier molecular flexibility index (Phi) is 5.22. The maximum absolute atomic E-state index is 4.58. The van der Waals surface area contributed by atoms with Crippen LogP contribution in [0.2, 0.25) is 0 Å². The van der Waals surface area contributed by atoms with Gasteiger partial charge in [0.25, 0.3) is 0 Å². The van der Waals surface area contributed by atoms with Crippen molar-refractivity contribution in [2.75, 3.05) is 7.05 Å². The van der Waals surface area contributed by atoms with Crippen molar-refractivity contribution in [1.82, 2.24) is 24.9 Å². The molecule has 0 saturated heterocycles. The van der Waals surface area contributed by atoms with Gasteiger partial charge in [-0.1, -0.05) is 0 Å². The Balaban J connectivity index is 2.35. The van der Waals surface area contributed by atoms with Crippen molar-refractivity contribution in [3.63, 3.8) is 0 Å². The first kappa shape index (κ1) is 16.2. The topological polar surface area (TPSA) is 47.7 Å². The van der Waals surface area contributed by atoms with Crippen LogP contribution in [-0.4, -0.2) is 26.6 Å². The first-order chi connectivity index (χ1) is 10.0. The average Bonchev–Trinajstić information content (AvgIpc) is 2.98. The zero-order chi connectivity index (χ0) is 15.6. The van der Waals surface area contributed by atoms with Crippen LogP contribution < -0.4 is 5.32 Å². The summed E-state index contributed by atoms with van der Waals surface area (Å²) in [5, 5.41) is 12.5. The number of halogens is 1. The Morgan fingerprint density at radius 1 is 1.19 bits per heavy atom. The Morgan fingerprint density at radius 3 is 2.43 bits per heavy atom. The lowest BCUT2D eigenvalue weighted by molar-refractivity contribution is 0.492. The fraction of sp³-hybridized carbons (Fsp3) is 0.600. The maximum atomic E-state index is 4.58. The molecule has 0 fully saturated rings. The van der Waals surface area contributed by atoms with Gasteiger partial charge >= 0.3 is 0 Å². The quantitative estimate of drug-likeness (QED) is 0.868. The minimum absolute atomic E-state index is 0.226. The first-order valence-electron chi connectivity index (χ1n) is 7.45. The van der Waals surface area contributed by atoms with E-state index in [1.807, 2.05) is 20.9 Å². The molecule has 0 radical (unpaired) electrons. The molecule has 1 atom stereocenters. The second-order valence-corrected chi connectivity index (χ2v) is 6.03. The van der Waals surface area contributed by atoms with Gasteiger partial charge in [0, 0.05) is 19.5 Å². The molecule has 2 aromatic rings. The van der Waals surface area contributed by atoms with Crippen LogP contribution in [0.25, 0.3) is 0 Å². The van der Waals surface area contributed by atoms with E-state index in [2.05, 4.69) is 60.7 Å². The number of hydrogen-bond donors (Lipinski definition) is 1. The molecule has 0 aliphatic rings. The van der Waals surface area contributed by atoms with Crippen molar-refractivity contribution in [2.24, 2.45) is 0 Å². The van der Waals surface area contributed by atoms with Gasteiger partial charge in [-0.2, -0.15) is 10.2 Å². The monoisotopic (exact) mass is 353 g/mol. The van der Waals surface area contributed by atoms with Crippen molar-refractivity contribution < 1.29 is 0 Å². The second kappa shape index (κ2) is 6.75. The predicted octanol–water partition coefficient (Wildman–Crippen LogP) is 3.00. The van der Waals surface area contributed by atoms with Gasteiger partial charge in [-0.25, -0.2) is 0 Å². The lowest BCUT2D eigenvalue weighted by Gasteiger charge is -2.18. The molecule has 2 heterocycles. The van der Waals surface area contributed by atoms with E-state index >= 15 is 0 Å². The Bertz CT molecular complexity index is 614. The van der Waals surface area contributed by atoms with Gasteiger partial charge in [-0.3, -0.25) is 9.36 Å². The van der Waals surface area contributed by atoms with Gasteiger partial charge in [0.1, 0.15) is 0 Å². The zero-order valence-electron chi connectivity index (χ0n) is 13.4. The molecule has 1 unspecified atom stereocenters. The van der Waals surface area contributed by atoms with Crippen LogP contribution in [0.4, 0.5) is 0 Å². The fourth-order valence-electron chi connectivity index (χ4n) is 2.71. The van der Waals surface area contributed by atoms with Crippen molar-refractivity contribution >= 4 is 15.9 Å². The van der Waals surface area contributed by atoms with Crippen LogP contribution in [0.15, 0.2) is 10.5 Å². The number of nitrogens with one attached hydrogen (secondary N) is 1. The minimum Gasteiger partial charge on any atom is -0.311 e. The highest BCUT2D eigenvalue weighted by Gasteiger charge is 2.21. The molecule has 0 saturated carbocycles. The van der Waals surface area contributed by atoms with E-state index in [-0.39, 0.29) is 6.04 Å². The molecule has 21 heavy (non-hydrogen) atoms. The third kappa shape index (κ3) is 3.21. The van der Waals surface area contributed by atoms with Crippen LogP contribution in [-0.2, 0) is 19.5 Å². The molecule has 116 valence electrons. The lowest BCUT2D eigenvalue weighted by Crippen LogP contribution is -2.23.